The van der Waals surface area contributed by atoms with Gasteiger partial charge in [0.2, 0.25) is 0 Å². The number of esters is 2. The summed E-state index contributed by atoms with van der Waals surface area (Å²) in [5, 5.41) is 39.1. The Morgan fingerprint density at radius 2 is 1.69 bits per heavy atom. The van der Waals surface area contributed by atoms with Crippen LogP contribution in [-0.2, 0) is 52.3 Å². The zero-order valence-electron chi connectivity index (χ0n) is 44.5. The predicted octanol–water partition coefficient (Wildman–Crippen LogP) is 5.04. The van der Waals surface area contributed by atoms with Crippen LogP contribution in [0.15, 0.2) is 42.5 Å². The van der Waals surface area contributed by atoms with Crippen molar-refractivity contribution in [3.63, 3.8) is 0 Å². The number of para-hydroxylation sites is 1. The number of ether oxygens (including phenoxy) is 8. The molecule has 2 fully saturated rings. The van der Waals surface area contributed by atoms with Crippen LogP contribution in [0.4, 0.5) is 4.79 Å². The van der Waals surface area contributed by atoms with Crippen molar-refractivity contribution in [3.8, 4) is 0 Å². The maximum atomic E-state index is 13.6. The second-order valence-corrected chi connectivity index (χ2v) is 19.7. The van der Waals surface area contributed by atoms with Crippen molar-refractivity contribution in [2.75, 3.05) is 47.9 Å². The first-order chi connectivity index (χ1) is 34.2. The van der Waals surface area contributed by atoms with Gasteiger partial charge in [0.25, 0.3) is 0 Å². The Bertz CT molecular complexity index is 2030. The van der Waals surface area contributed by atoms with Gasteiger partial charge in [-0.25, -0.2) is 9.78 Å². The summed E-state index contributed by atoms with van der Waals surface area (Å²) < 4.78 is 49.6. The summed E-state index contributed by atoms with van der Waals surface area (Å²) in [4.78, 5) is 59.9. The minimum Gasteiger partial charge on any atom is -0.462 e. The van der Waals surface area contributed by atoms with E-state index in [1.807, 2.05) is 81.3 Å². The molecule has 2 aliphatic rings. The average Bonchev–Trinajstić information content (AvgIpc) is 3.33. The summed E-state index contributed by atoms with van der Waals surface area (Å²) in [5.41, 5.74) is 0.267. The maximum Gasteiger partial charge on any atom is 0.407 e. The van der Waals surface area contributed by atoms with Crippen molar-refractivity contribution in [3.05, 3.63) is 48.2 Å². The monoisotopic (exact) mass is 1020 g/mol. The predicted molar refractivity (Wildman–Crippen MR) is 269 cm³/mol. The van der Waals surface area contributed by atoms with Crippen molar-refractivity contribution in [1.29, 1.82) is 0 Å². The summed E-state index contributed by atoms with van der Waals surface area (Å²) in [6.07, 6.45) is -8.10. The fourth-order valence-electron chi connectivity index (χ4n) is 9.62. The van der Waals surface area contributed by atoms with Gasteiger partial charge in [-0.1, -0.05) is 58.0 Å². The van der Waals surface area contributed by atoms with E-state index < -0.39 is 116 Å². The normalized spacial score (nSPS) is 27.7. The van der Waals surface area contributed by atoms with Crippen LogP contribution in [0.5, 0.6) is 0 Å². The number of aliphatic hydroxyl groups excluding tert-OH is 3. The van der Waals surface area contributed by atoms with E-state index in [2.05, 4.69) is 10.3 Å². The molecule has 19 nitrogen and oxygen atoms in total. The zero-order chi connectivity index (χ0) is 53.3. The fourth-order valence-corrected chi connectivity index (χ4v) is 9.62. The quantitative estimate of drug-likeness (QED) is 0.0497. The van der Waals surface area contributed by atoms with Gasteiger partial charge >= 0.3 is 18.0 Å². The Labute approximate surface area is 426 Å². The molecule has 2 saturated heterocycles. The van der Waals surface area contributed by atoms with Crippen molar-refractivity contribution >= 4 is 41.3 Å². The van der Waals surface area contributed by atoms with Crippen molar-refractivity contribution < 1.29 is 72.4 Å². The van der Waals surface area contributed by atoms with E-state index >= 15 is 0 Å². The third kappa shape index (κ3) is 16.9. The van der Waals surface area contributed by atoms with E-state index in [0.29, 0.717) is 32.5 Å². The number of methoxy groups -OCH3 is 1. The number of likely N-dealkylation sites (N-methyl/N-ethyl adjacent to an activating group) is 2. The molecule has 0 unspecified atom stereocenters. The lowest BCUT2D eigenvalue weighted by molar-refractivity contribution is -0.344. The first kappa shape index (κ1) is 60.4. The van der Waals surface area contributed by atoms with Crippen LogP contribution in [0.2, 0.25) is 0 Å². The highest BCUT2D eigenvalue weighted by Crippen LogP contribution is 2.39. The number of alkyl carbamates (subject to hydrolysis) is 1. The Kier molecular flexibility index (Phi) is 24.4. The van der Waals surface area contributed by atoms with Crippen molar-refractivity contribution in [2.24, 2.45) is 11.8 Å². The number of nitrogens with one attached hydrogen (secondary N) is 1. The molecular formula is C53H84N4O15. The largest absolute Gasteiger partial charge is 0.462 e. The van der Waals surface area contributed by atoms with E-state index in [-0.39, 0.29) is 31.6 Å². The first-order valence-corrected chi connectivity index (χ1v) is 25.6. The summed E-state index contributed by atoms with van der Waals surface area (Å²) in [7, 11) is 6.76. The van der Waals surface area contributed by atoms with Gasteiger partial charge in [-0.15, -0.1) is 0 Å². The molecule has 0 aliphatic carbocycles. The van der Waals surface area contributed by atoms with Crippen LogP contribution in [0.3, 0.4) is 0 Å². The second kappa shape index (κ2) is 29.1. The lowest BCUT2D eigenvalue weighted by Gasteiger charge is -2.50. The number of nitrogens with zero attached hydrogens (tertiary/aromatic N) is 3. The smallest absolute Gasteiger partial charge is 0.407 e. The number of pyridine rings is 1. The minimum atomic E-state index is -1.51. The number of carbonyl (C=O) groups is 4. The number of rotatable bonds is 28. The molecule has 19 heteroatoms. The molecule has 1 aromatic carbocycles. The number of fused-ring (bicyclic) bond motifs is 1. The summed E-state index contributed by atoms with van der Waals surface area (Å²) in [6.45, 7) is 15.6. The van der Waals surface area contributed by atoms with E-state index in [4.69, 9.17) is 37.9 Å². The summed E-state index contributed by atoms with van der Waals surface area (Å²) in [5.74, 6) is -2.26. The van der Waals surface area contributed by atoms with Crippen LogP contribution < -0.4 is 5.32 Å². The number of hydrogen-bond acceptors (Lipinski definition) is 18. The molecule has 0 spiro atoms. The molecular weight excluding hydrogens is 933 g/mol. The second-order valence-electron chi connectivity index (χ2n) is 19.7. The highest BCUT2D eigenvalue weighted by atomic mass is 16.7. The van der Waals surface area contributed by atoms with Crippen LogP contribution in [-0.4, -0.2) is 188 Å². The van der Waals surface area contributed by atoms with E-state index in [0.717, 1.165) is 22.9 Å². The van der Waals surface area contributed by atoms with Gasteiger partial charge in [0, 0.05) is 51.3 Å². The lowest BCUT2D eigenvalue weighted by Crippen LogP contribution is -2.66. The molecule has 72 heavy (non-hydrogen) atoms. The zero-order valence-corrected chi connectivity index (χ0v) is 44.5. The Morgan fingerprint density at radius 1 is 0.972 bits per heavy atom. The van der Waals surface area contributed by atoms with E-state index in [9.17, 15) is 34.5 Å². The molecule has 2 aromatic rings. The van der Waals surface area contributed by atoms with Gasteiger partial charge in [-0.3, -0.25) is 9.59 Å². The van der Waals surface area contributed by atoms with Crippen LogP contribution in [0.1, 0.15) is 106 Å². The average molecular weight is 1020 g/mol. The summed E-state index contributed by atoms with van der Waals surface area (Å²) >= 11 is 0. The van der Waals surface area contributed by atoms with Crippen molar-refractivity contribution in [2.45, 2.75) is 186 Å². The Morgan fingerprint density at radius 3 is 2.33 bits per heavy atom. The van der Waals surface area contributed by atoms with Crippen molar-refractivity contribution in [1.82, 2.24) is 20.1 Å². The van der Waals surface area contributed by atoms with Gasteiger partial charge in [0.15, 0.2) is 24.3 Å². The standard InChI is InChI=1S/C53H84N4O15/c1-13-38(22-19-21-37-25-24-35-20-17-18-23-39(35)55-37)68-43(62)29-40(59)49(65-12)48(36(26-27-58)28-32(5)41(60)31-57(11)16-4)70-51-46(63)45(56(9)10)47(33(6)67-51)69-44-30-53(8,72-42(61)14-2)50(34(7)66-44)71-52(64)54-15-3/h17-21,23-25,27,32-34,36,38,40-41,44-51,59-60,63H,13-16,22,26,28-31H2,1-12H3,(H,54,64)/b21-19+/t32-,33-,34+,36+,38-,40-,41+,44+,45-,46-,47-,48+,49+,50+,51+,53-/m1/s1. The third-order valence-electron chi connectivity index (χ3n) is 13.8. The van der Waals surface area contributed by atoms with E-state index in [1.165, 1.54) is 7.11 Å². The van der Waals surface area contributed by atoms with Crippen LogP contribution in [0.25, 0.3) is 17.0 Å². The van der Waals surface area contributed by atoms with Gasteiger partial charge in [0.1, 0.15) is 30.7 Å². The number of hydrogen-bond donors (Lipinski definition) is 4. The number of aromatic nitrogens is 1. The van der Waals surface area contributed by atoms with Gasteiger partial charge in [0.05, 0.1) is 54.2 Å². The molecule has 3 heterocycles. The minimum absolute atomic E-state index is 0.0333. The van der Waals surface area contributed by atoms with Gasteiger partial charge in [-0.2, -0.15) is 0 Å². The number of aldehydes is 1. The number of amides is 1. The molecule has 4 N–H and O–H groups in total. The third-order valence-corrected chi connectivity index (χ3v) is 13.8. The van der Waals surface area contributed by atoms with Crippen LogP contribution >= 0.6 is 0 Å². The fraction of sp³-hybridized carbons (Fsp3) is 0.717. The first-order valence-electron chi connectivity index (χ1n) is 25.6. The highest BCUT2D eigenvalue weighted by Gasteiger charge is 2.54. The topological polar surface area (TPSA) is 234 Å². The molecule has 16 atom stereocenters. The molecule has 406 valence electrons. The number of benzene rings is 1. The molecule has 4 rings (SSSR count). The maximum absolute atomic E-state index is 13.6. The number of aliphatic hydroxyl groups is 3. The van der Waals surface area contributed by atoms with Crippen LogP contribution in [0, 0.1) is 11.8 Å². The SMILES string of the molecule is CCNC(=O)O[C@H]1[C@H](C)O[C@@H](O[C@H]2[C@H](N(C)C)[C@@H](O)[C@H](O[C@@H]([C@@H](CC=O)C[C@@H](C)[C@@H](O)CN(C)CC)[C@@H](OC)[C@H](O)CC(=O)O[C@H](CC)C/C=C/c3ccc4ccccc4n3)O[C@@H]2C)C[C@@]1(C)OC(=O)CC. The summed E-state index contributed by atoms with van der Waals surface area (Å²) in [6, 6.07) is 10.9. The molecule has 2 aliphatic heterocycles. The van der Waals surface area contributed by atoms with Gasteiger partial charge in [-0.05, 0) is 98.3 Å². The Hall–Kier alpha value is -4.15. The van der Waals surface area contributed by atoms with Gasteiger partial charge < -0.3 is 73.1 Å². The molecule has 0 bridgehead atoms. The molecule has 0 radical (unpaired) electrons. The Balaban J connectivity index is 1.58. The highest BCUT2D eigenvalue weighted by molar-refractivity contribution is 5.79. The molecule has 0 saturated carbocycles. The number of carbonyl (C=O) groups excluding carboxylic acids is 4. The molecule has 1 aromatic heterocycles. The van der Waals surface area contributed by atoms with E-state index in [1.54, 1.807) is 53.6 Å². The molecule has 1 amide bonds. The lowest BCUT2D eigenvalue weighted by atomic mass is 9.82.